The van der Waals surface area contributed by atoms with Gasteiger partial charge in [-0.1, -0.05) is 12.1 Å². The van der Waals surface area contributed by atoms with Crippen molar-refractivity contribution in [2.75, 3.05) is 20.2 Å². The molecule has 2 rings (SSSR count). The Morgan fingerprint density at radius 2 is 2.37 bits per heavy atom. The summed E-state index contributed by atoms with van der Waals surface area (Å²) in [5, 5.41) is 8.47. The molecule has 4 heteroatoms. The summed E-state index contributed by atoms with van der Waals surface area (Å²) < 4.78 is 5.58. The van der Waals surface area contributed by atoms with Crippen molar-refractivity contribution in [3.05, 3.63) is 29.3 Å². The Morgan fingerprint density at radius 3 is 3.16 bits per heavy atom. The Balaban J connectivity index is 1.95. The lowest BCUT2D eigenvalue weighted by Crippen LogP contribution is -2.25. The van der Waals surface area contributed by atoms with Crippen LogP contribution in [0.5, 0.6) is 5.75 Å². The summed E-state index contributed by atoms with van der Waals surface area (Å²) in [4.78, 5) is 13.3. The molecule has 100 valence electrons. The summed E-state index contributed by atoms with van der Waals surface area (Å²) in [6.07, 6.45) is 2.11. The molecule has 0 saturated carbocycles. The van der Waals surface area contributed by atoms with Crippen LogP contribution in [0.15, 0.2) is 18.2 Å². The van der Waals surface area contributed by atoms with Gasteiger partial charge in [-0.3, -0.25) is 9.69 Å². The van der Waals surface area contributed by atoms with Gasteiger partial charge in [-0.25, -0.2) is 0 Å². The minimum absolute atomic E-state index is 0.0115. The minimum Gasteiger partial charge on any atom is -0.493 e. The van der Waals surface area contributed by atoms with E-state index in [1.54, 1.807) is 0 Å². The number of benzene rings is 1. The van der Waals surface area contributed by atoms with Gasteiger partial charge in [-0.2, -0.15) is 5.26 Å². The lowest BCUT2D eigenvalue weighted by Gasteiger charge is -2.20. The number of aryl methyl sites for hydroxylation is 1. The third-order valence-electron chi connectivity index (χ3n) is 3.15. The van der Waals surface area contributed by atoms with E-state index < -0.39 is 0 Å². The smallest absolute Gasteiger partial charge is 0.160 e. The molecule has 19 heavy (non-hydrogen) atoms. The van der Waals surface area contributed by atoms with E-state index in [1.807, 2.05) is 30.1 Å². The number of carbonyl (C=O) groups excluding carboxylic acids is 1. The molecule has 0 unspecified atom stereocenters. The fourth-order valence-electron chi connectivity index (χ4n) is 2.32. The first kappa shape index (κ1) is 13.6. The van der Waals surface area contributed by atoms with Gasteiger partial charge >= 0.3 is 0 Å². The molecule has 0 aliphatic carbocycles. The van der Waals surface area contributed by atoms with Crippen LogP contribution < -0.4 is 4.74 Å². The zero-order valence-corrected chi connectivity index (χ0v) is 11.2. The molecule has 4 nitrogen and oxygen atoms in total. The first-order valence-electron chi connectivity index (χ1n) is 6.51. The second-order valence-corrected chi connectivity index (χ2v) is 4.94. The van der Waals surface area contributed by atoms with Gasteiger partial charge in [0.25, 0.3) is 0 Å². The molecule has 0 amide bonds. The van der Waals surface area contributed by atoms with Gasteiger partial charge in [0.05, 0.1) is 25.6 Å². The quantitative estimate of drug-likeness (QED) is 0.809. The van der Waals surface area contributed by atoms with E-state index in [-0.39, 0.29) is 12.2 Å². The lowest BCUT2D eigenvalue weighted by molar-refractivity contribution is -0.119. The lowest BCUT2D eigenvalue weighted by atomic mass is 10.0. The Labute approximate surface area is 113 Å². The average molecular weight is 258 g/mol. The van der Waals surface area contributed by atoms with Crippen LogP contribution in [0.1, 0.15) is 24.0 Å². The number of ketones is 1. The number of Topliss-reactive ketones (excluding diaryl/α,β-unsaturated/α-hetero) is 1. The van der Waals surface area contributed by atoms with Crippen LogP contribution in [0.4, 0.5) is 0 Å². The molecule has 0 bridgehead atoms. The average Bonchev–Trinajstić information content (AvgIpc) is 2.38. The van der Waals surface area contributed by atoms with Crippen LogP contribution >= 0.6 is 0 Å². The normalized spacial score (nSPS) is 13.5. The number of rotatable bonds is 5. The van der Waals surface area contributed by atoms with Crippen molar-refractivity contribution in [1.82, 2.24) is 4.90 Å². The monoisotopic (exact) mass is 258 g/mol. The number of ether oxygens (including phenoxy) is 1. The van der Waals surface area contributed by atoms with Crippen LogP contribution in [-0.2, 0) is 17.8 Å². The first-order valence-corrected chi connectivity index (χ1v) is 6.51. The molecular formula is C15H18N2O2. The van der Waals surface area contributed by atoms with Crippen molar-refractivity contribution in [2.24, 2.45) is 0 Å². The van der Waals surface area contributed by atoms with Crippen molar-refractivity contribution in [2.45, 2.75) is 25.8 Å². The Morgan fingerprint density at radius 1 is 1.53 bits per heavy atom. The maximum Gasteiger partial charge on any atom is 0.160 e. The molecule has 1 aliphatic rings. The van der Waals surface area contributed by atoms with Crippen LogP contribution in [0.3, 0.4) is 0 Å². The van der Waals surface area contributed by atoms with Gasteiger partial charge in [0.2, 0.25) is 0 Å². The molecule has 0 atom stereocenters. The second-order valence-electron chi connectivity index (χ2n) is 4.94. The van der Waals surface area contributed by atoms with E-state index in [2.05, 4.69) is 6.07 Å². The Bertz CT molecular complexity index is 505. The zero-order valence-electron chi connectivity index (χ0n) is 11.2. The van der Waals surface area contributed by atoms with Crippen LogP contribution in [0.25, 0.3) is 0 Å². The van der Waals surface area contributed by atoms with Crippen LogP contribution in [-0.4, -0.2) is 30.9 Å². The molecule has 0 aromatic heterocycles. The maximum absolute atomic E-state index is 11.4. The molecule has 1 aromatic carbocycles. The van der Waals surface area contributed by atoms with Crippen LogP contribution in [0.2, 0.25) is 0 Å². The van der Waals surface area contributed by atoms with Gasteiger partial charge in [-0.15, -0.1) is 0 Å². The predicted octanol–water partition coefficient (Wildman–Crippen LogP) is 1.93. The van der Waals surface area contributed by atoms with E-state index >= 15 is 0 Å². The molecular weight excluding hydrogens is 240 g/mol. The largest absolute Gasteiger partial charge is 0.493 e. The highest BCUT2D eigenvalue weighted by Gasteiger charge is 2.12. The summed E-state index contributed by atoms with van der Waals surface area (Å²) in [6, 6.07) is 8.08. The number of likely N-dealkylation sites (N-methyl/N-ethyl adjacent to an activating group) is 1. The van der Waals surface area contributed by atoms with E-state index in [4.69, 9.17) is 10.00 Å². The molecule has 0 radical (unpaired) electrons. The predicted molar refractivity (Wildman–Crippen MR) is 71.8 cm³/mol. The fraction of sp³-hybridized carbons (Fsp3) is 0.467. The number of carbonyl (C=O) groups is 1. The summed E-state index contributed by atoms with van der Waals surface area (Å²) >= 11 is 0. The van der Waals surface area contributed by atoms with Gasteiger partial charge in [0.15, 0.2) is 5.78 Å². The number of hydrogen-bond donors (Lipinski definition) is 0. The van der Waals surface area contributed by atoms with Crippen LogP contribution in [0, 0.1) is 11.3 Å². The minimum atomic E-state index is -0.0358. The van der Waals surface area contributed by atoms with Crippen molar-refractivity contribution >= 4 is 5.78 Å². The first-order chi connectivity index (χ1) is 9.19. The molecule has 0 saturated heterocycles. The summed E-state index contributed by atoms with van der Waals surface area (Å²) in [5.74, 6) is 0.949. The topological polar surface area (TPSA) is 53.3 Å². The molecule has 1 aliphatic heterocycles. The van der Waals surface area contributed by atoms with Crippen molar-refractivity contribution in [3.8, 4) is 11.8 Å². The zero-order chi connectivity index (χ0) is 13.7. The highest BCUT2D eigenvalue weighted by Crippen LogP contribution is 2.25. The number of hydrogen-bond acceptors (Lipinski definition) is 4. The van der Waals surface area contributed by atoms with E-state index in [0.29, 0.717) is 13.1 Å². The van der Waals surface area contributed by atoms with Crippen molar-refractivity contribution < 1.29 is 9.53 Å². The van der Waals surface area contributed by atoms with Gasteiger partial charge in [0, 0.05) is 6.54 Å². The molecule has 0 fully saturated rings. The highest BCUT2D eigenvalue weighted by atomic mass is 16.5. The van der Waals surface area contributed by atoms with E-state index in [9.17, 15) is 4.79 Å². The summed E-state index contributed by atoms with van der Waals surface area (Å²) in [7, 11) is 1.89. The molecule has 0 spiro atoms. The van der Waals surface area contributed by atoms with E-state index in [1.165, 1.54) is 11.1 Å². The van der Waals surface area contributed by atoms with Gasteiger partial charge in [0.1, 0.15) is 5.75 Å². The second kappa shape index (κ2) is 6.35. The maximum atomic E-state index is 11.4. The number of nitrogens with zero attached hydrogens (tertiary/aromatic N) is 2. The number of nitriles is 1. The van der Waals surface area contributed by atoms with E-state index in [0.717, 1.165) is 25.2 Å². The Kier molecular flexibility index (Phi) is 4.53. The molecule has 1 aromatic rings. The van der Waals surface area contributed by atoms with Crippen molar-refractivity contribution in [3.63, 3.8) is 0 Å². The third-order valence-corrected chi connectivity index (χ3v) is 3.15. The summed E-state index contributed by atoms with van der Waals surface area (Å²) in [6.45, 7) is 1.83. The molecule has 0 N–H and O–H groups in total. The number of fused-ring (bicyclic) bond motifs is 1. The third kappa shape index (κ3) is 3.80. The SMILES string of the molecule is CN(CC(=O)CC#N)Cc1ccc2c(c1)CCCO2. The van der Waals surface area contributed by atoms with Crippen molar-refractivity contribution in [1.29, 1.82) is 5.26 Å². The van der Waals surface area contributed by atoms with Gasteiger partial charge < -0.3 is 4.74 Å². The Hall–Kier alpha value is -1.86. The summed E-state index contributed by atoms with van der Waals surface area (Å²) in [5.41, 5.74) is 2.43. The highest BCUT2D eigenvalue weighted by molar-refractivity contribution is 5.82. The van der Waals surface area contributed by atoms with Gasteiger partial charge in [-0.05, 0) is 37.1 Å². The molecule has 1 heterocycles. The standard InChI is InChI=1S/C15H18N2O2/c1-17(11-14(18)6-7-16)10-12-4-5-15-13(9-12)3-2-8-19-15/h4-5,9H,2-3,6,8,10-11H2,1H3. The fourth-order valence-corrected chi connectivity index (χ4v) is 2.32.